The molecule has 0 spiro atoms. The Hall–Kier alpha value is -1.52. The van der Waals surface area contributed by atoms with Crippen LogP contribution < -0.4 is 4.74 Å². The second-order valence-electron chi connectivity index (χ2n) is 1.89. The summed E-state index contributed by atoms with van der Waals surface area (Å²) in [5.74, 6) is -5.13. The minimum atomic E-state index is -1.66. The van der Waals surface area contributed by atoms with E-state index in [9.17, 15) is 18.0 Å². The van der Waals surface area contributed by atoms with E-state index in [0.29, 0.717) is 6.07 Å². The molecule has 0 bridgehead atoms. The summed E-state index contributed by atoms with van der Waals surface area (Å²) in [4.78, 5) is 9.72. The van der Waals surface area contributed by atoms with Crippen molar-refractivity contribution < 1.29 is 22.7 Å². The summed E-state index contributed by atoms with van der Waals surface area (Å²) >= 11 is 0. The molecule has 12 heavy (non-hydrogen) atoms. The van der Waals surface area contributed by atoms with Crippen LogP contribution in [0.5, 0.6) is 5.75 Å². The lowest BCUT2D eigenvalue weighted by molar-refractivity contribution is -0.120. The molecule has 0 aliphatic carbocycles. The van der Waals surface area contributed by atoms with Crippen molar-refractivity contribution in [2.45, 2.75) is 0 Å². The predicted octanol–water partition coefficient (Wildman–Crippen LogP) is 1.64. The van der Waals surface area contributed by atoms with Gasteiger partial charge in [-0.15, -0.1) is 0 Å². The summed E-state index contributed by atoms with van der Waals surface area (Å²) in [6.07, 6.45) is 0. The van der Waals surface area contributed by atoms with Crippen molar-refractivity contribution in [3.05, 3.63) is 29.6 Å². The topological polar surface area (TPSA) is 26.3 Å². The van der Waals surface area contributed by atoms with Crippen LogP contribution in [0.25, 0.3) is 0 Å². The minimum absolute atomic E-state index is 0.0737. The van der Waals surface area contributed by atoms with E-state index >= 15 is 0 Å². The monoisotopic (exact) mass is 176 g/mol. The van der Waals surface area contributed by atoms with Crippen LogP contribution in [0.4, 0.5) is 13.2 Å². The van der Waals surface area contributed by atoms with E-state index in [1.54, 1.807) is 0 Å². The van der Waals surface area contributed by atoms with Crippen molar-refractivity contribution >= 4 is 6.47 Å². The number of rotatable bonds is 2. The smallest absolute Gasteiger partial charge is 0.298 e. The van der Waals surface area contributed by atoms with Gasteiger partial charge in [0.15, 0.2) is 17.4 Å². The molecule has 0 saturated carbocycles. The van der Waals surface area contributed by atoms with Gasteiger partial charge in [-0.2, -0.15) is 4.39 Å². The standard InChI is InChI=1S/C7H3F3O2/c8-4-1-2-5(12-3-11)7(10)6(4)9/h1-3H. The number of carbonyl (C=O) groups excluding carboxylic acids is 1. The number of hydrogen-bond acceptors (Lipinski definition) is 2. The van der Waals surface area contributed by atoms with E-state index in [1.165, 1.54) is 0 Å². The van der Waals surface area contributed by atoms with Crippen LogP contribution in [0.15, 0.2) is 12.1 Å². The van der Waals surface area contributed by atoms with E-state index in [4.69, 9.17) is 0 Å². The molecule has 0 atom stereocenters. The third kappa shape index (κ3) is 1.39. The number of halogens is 3. The Morgan fingerprint density at radius 3 is 2.42 bits per heavy atom. The number of ether oxygens (including phenoxy) is 1. The second-order valence-corrected chi connectivity index (χ2v) is 1.89. The van der Waals surface area contributed by atoms with Crippen LogP contribution in [-0.2, 0) is 4.79 Å². The molecule has 0 radical (unpaired) electrons. The van der Waals surface area contributed by atoms with E-state index in [0.717, 1.165) is 6.07 Å². The van der Waals surface area contributed by atoms with Gasteiger partial charge in [0, 0.05) is 0 Å². The van der Waals surface area contributed by atoms with Gasteiger partial charge in [-0.25, -0.2) is 8.78 Å². The summed E-state index contributed by atoms with van der Waals surface area (Å²) in [6.45, 7) is -0.0737. The Morgan fingerprint density at radius 1 is 1.17 bits per heavy atom. The molecule has 1 aromatic carbocycles. The fourth-order valence-electron chi connectivity index (χ4n) is 0.651. The Bertz CT molecular complexity index is 312. The molecule has 0 saturated heterocycles. The number of carbonyl (C=O) groups is 1. The summed E-state index contributed by atoms with van der Waals surface area (Å²) in [5, 5.41) is 0. The van der Waals surface area contributed by atoms with Crippen molar-refractivity contribution in [2.75, 3.05) is 0 Å². The largest absolute Gasteiger partial charge is 0.425 e. The number of hydrogen-bond donors (Lipinski definition) is 0. The summed E-state index contributed by atoms with van der Waals surface area (Å²) < 4.78 is 41.2. The first-order chi connectivity index (χ1) is 5.66. The predicted molar refractivity (Wildman–Crippen MR) is 33.0 cm³/mol. The van der Waals surface area contributed by atoms with E-state index < -0.39 is 23.2 Å². The maximum Gasteiger partial charge on any atom is 0.298 e. The molecule has 1 aromatic rings. The Balaban J connectivity index is 3.16. The quantitative estimate of drug-likeness (QED) is 0.505. The highest BCUT2D eigenvalue weighted by Crippen LogP contribution is 2.20. The molecule has 1 rings (SSSR count). The van der Waals surface area contributed by atoms with Crippen molar-refractivity contribution in [3.8, 4) is 5.75 Å². The molecule has 0 unspecified atom stereocenters. The Morgan fingerprint density at radius 2 is 1.83 bits per heavy atom. The zero-order valence-electron chi connectivity index (χ0n) is 5.68. The molecule has 64 valence electrons. The first-order valence-corrected chi connectivity index (χ1v) is 2.90. The molecule has 0 heterocycles. The zero-order chi connectivity index (χ0) is 9.14. The number of benzene rings is 1. The molecule has 0 aliphatic heterocycles. The normalized spacial score (nSPS) is 9.58. The van der Waals surface area contributed by atoms with E-state index in [1.807, 2.05) is 0 Å². The van der Waals surface area contributed by atoms with Gasteiger partial charge in [-0.1, -0.05) is 0 Å². The van der Waals surface area contributed by atoms with Crippen molar-refractivity contribution in [3.63, 3.8) is 0 Å². The minimum Gasteiger partial charge on any atom is -0.425 e. The highest BCUT2D eigenvalue weighted by molar-refractivity contribution is 5.45. The van der Waals surface area contributed by atoms with Gasteiger partial charge in [0.25, 0.3) is 6.47 Å². The summed E-state index contributed by atoms with van der Waals surface area (Å²) in [7, 11) is 0. The molecule has 5 heteroatoms. The van der Waals surface area contributed by atoms with Crippen LogP contribution in [0.2, 0.25) is 0 Å². The van der Waals surface area contributed by atoms with Crippen LogP contribution in [0.1, 0.15) is 0 Å². The fraction of sp³-hybridized carbons (Fsp3) is 0. The zero-order valence-corrected chi connectivity index (χ0v) is 5.68. The van der Waals surface area contributed by atoms with Crippen molar-refractivity contribution in [1.29, 1.82) is 0 Å². The van der Waals surface area contributed by atoms with Gasteiger partial charge in [0.1, 0.15) is 0 Å². The van der Waals surface area contributed by atoms with E-state index in [2.05, 4.69) is 4.74 Å². The average molecular weight is 176 g/mol. The summed E-state index contributed by atoms with van der Waals surface area (Å²) in [5.41, 5.74) is 0. The van der Waals surface area contributed by atoms with Gasteiger partial charge in [0.2, 0.25) is 5.82 Å². The molecule has 0 N–H and O–H groups in total. The van der Waals surface area contributed by atoms with Crippen LogP contribution in [0.3, 0.4) is 0 Å². The molecule has 2 nitrogen and oxygen atoms in total. The summed E-state index contributed by atoms with van der Waals surface area (Å²) in [6, 6.07) is 1.49. The first kappa shape index (κ1) is 8.58. The average Bonchev–Trinajstić information content (AvgIpc) is 2.07. The SMILES string of the molecule is O=COc1ccc(F)c(F)c1F. The molecule has 0 fully saturated rings. The van der Waals surface area contributed by atoms with Crippen LogP contribution in [0, 0.1) is 17.5 Å². The van der Waals surface area contributed by atoms with Crippen molar-refractivity contribution in [2.24, 2.45) is 0 Å². The van der Waals surface area contributed by atoms with Gasteiger partial charge >= 0.3 is 0 Å². The fourth-order valence-corrected chi connectivity index (χ4v) is 0.651. The lowest BCUT2D eigenvalue weighted by Gasteiger charge is -2.00. The Labute approximate surface area is 65.6 Å². The first-order valence-electron chi connectivity index (χ1n) is 2.90. The maximum absolute atomic E-state index is 12.6. The van der Waals surface area contributed by atoms with Gasteiger partial charge in [0.05, 0.1) is 0 Å². The highest BCUT2D eigenvalue weighted by atomic mass is 19.2. The second kappa shape index (κ2) is 3.25. The Kier molecular flexibility index (Phi) is 2.32. The molecule has 0 aliphatic rings. The van der Waals surface area contributed by atoms with E-state index in [-0.39, 0.29) is 6.47 Å². The van der Waals surface area contributed by atoms with Crippen LogP contribution >= 0.6 is 0 Å². The maximum atomic E-state index is 12.6. The molecule has 0 amide bonds. The van der Waals surface area contributed by atoms with Gasteiger partial charge in [-0.3, -0.25) is 4.79 Å². The van der Waals surface area contributed by atoms with Crippen molar-refractivity contribution in [1.82, 2.24) is 0 Å². The highest BCUT2D eigenvalue weighted by Gasteiger charge is 2.13. The lowest BCUT2D eigenvalue weighted by Crippen LogP contribution is -1.97. The lowest BCUT2D eigenvalue weighted by atomic mass is 10.3. The van der Waals surface area contributed by atoms with Crippen LogP contribution in [-0.4, -0.2) is 6.47 Å². The molecular weight excluding hydrogens is 173 g/mol. The third-order valence-electron chi connectivity index (χ3n) is 1.17. The molecular formula is C7H3F3O2. The molecule has 0 aromatic heterocycles. The third-order valence-corrected chi connectivity index (χ3v) is 1.17. The van der Waals surface area contributed by atoms with Gasteiger partial charge in [-0.05, 0) is 12.1 Å². The van der Waals surface area contributed by atoms with Gasteiger partial charge < -0.3 is 4.74 Å².